The number of allylic oxidation sites excluding steroid dienone is 1. The van der Waals surface area contributed by atoms with Crippen LogP contribution < -0.4 is 5.32 Å². The van der Waals surface area contributed by atoms with Crippen LogP contribution in [0.5, 0.6) is 0 Å². The van der Waals surface area contributed by atoms with E-state index in [2.05, 4.69) is 25.7 Å². The number of unbranched alkanes of at least 4 members (excludes halogenated alkanes) is 3. The molecule has 0 fully saturated rings. The second-order valence-electron chi connectivity index (χ2n) is 4.98. The van der Waals surface area contributed by atoms with E-state index >= 15 is 0 Å². The molecule has 0 saturated carbocycles. The average Bonchev–Trinajstić information content (AvgIpc) is 2.29. The van der Waals surface area contributed by atoms with Crippen molar-refractivity contribution < 1.29 is 4.74 Å². The Morgan fingerprint density at radius 2 is 2.06 bits per heavy atom. The van der Waals surface area contributed by atoms with Gasteiger partial charge in [-0.25, -0.2) is 0 Å². The maximum Gasteiger partial charge on any atom is 0.0488 e. The maximum absolute atomic E-state index is 5.20. The van der Waals surface area contributed by atoms with Gasteiger partial charge in [0, 0.05) is 19.8 Å². The highest BCUT2D eigenvalue weighted by Crippen LogP contribution is 2.13. The van der Waals surface area contributed by atoms with Crippen LogP contribution in [0.15, 0.2) is 12.7 Å². The van der Waals surface area contributed by atoms with Gasteiger partial charge in [0.25, 0.3) is 0 Å². The van der Waals surface area contributed by atoms with Gasteiger partial charge in [0.2, 0.25) is 0 Å². The Bertz CT molecular complexity index is 170. The minimum atomic E-state index is 0.650. The summed E-state index contributed by atoms with van der Waals surface area (Å²) >= 11 is 0. The summed E-state index contributed by atoms with van der Waals surface area (Å²) in [5.41, 5.74) is 0. The number of methoxy groups -OCH3 is 1. The molecule has 0 amide bonds. The molecule has 0 aromatic rings. The Balaban J connectivity index is 3.69. The first kappa shape index (κ1) is 16.7. The Kier molecular flexibility index (Phi) is 11.9. The molecule has 17 heavy (non-hydrogen) atoms. The van der Waals surface area contributed by atoms with Gasteiger partial charge in [0.15, 0.2) is 0 Å². The van der Waals surface area contributed by atoms with Crippen LogP contribution in [0.2, 0.25) is 0 Å². The monoisotopic (exact) mass is 241 g/mol. The van der Waals surface area contributed by atoms with Crippen LogP contribution >= 0.6 is 0 Å². The highest BCUT2D eigenvalue weighted by molar-refractivity contribution is 4.70. The second-order valence-corrected chi connectivity index (χ2v) is 4.98. The standard InChI is InChI=1S/C15H31NO/c1-5-7-8-9-10-11-15(16-6-2)12-14(3)13-17-4/h5,14-16H,1,6-13H2,2-4H3. The van der Waals surface area contributed by atoms with Crippen molar-refractivity contribution >= 4 is 0 Å². The molecule has 0 bridgehead atoms. The smallest absolute Gasteiger partial charge is 0.0488 e. The number of rotatable bonds is 12. The summed E-state index contributed by atoms with van der Waals surface area (Å²) in [6.45, 7) is 10.2. The highest BCUT2D eigenvalue weighted by atomic mass is 16.5. The van der Waals surface area contributed by atoms with Gasteiger partial charge in [-0.3, -0.25) is 0 Å². The van der Waals surface area contributed by atoms with Gasteiger partial charge in [-0.05, 0) is 38.1 Å². The van der Waals surface area contributed by atoms with E-state index < -0.39 is 0 Å². The normalized spacial score (nSPS) is 14.5. The first-order valence-electron chi connectivity index (χ1n) is 7.07. The minimum absolute atomic E-state index is 0.650. The van der Waals surface area contributed by atoms with Crippen molar-refractivity contribution in [3.05, 3.63) is 12.7 Å². The second kappa shape index (κ2) is 12.1. The number of nitrogens with one attached hydrogen (secondary N) is 1. The molecule has 102 valence electrons. The molecule has 2 heteroatoms. The van der Waals surface area contributed by atoms with Gasteiger partial charge in [-0.2, -0.15) is 0 Å². The van der Waals surface area contributed by atoms with Crippen molar-refractivity contribution in [2.24, 2.45) is 5.92 Å². The largest absolute Gasteiger partial charge is 0.384 e. The van der Waals surface area contributed by atoms with E-state index in [0.29, 0.717) is 12.0 Å². The van der Waals surface area contributed by atoms with E-state index in [4.69, 9.17) is 4.74 Å². The molecule has 0 aliphatic heterocycles. The average molecular weight is 241 g/mol. The summed E-state index contributed by atoms with van der Waals surface area (Å²) in [7, 11) is 1.79. The van der Waals surface area contributed by atoms with Crippen molar-refractivity contribution in [2.75, 3.05) is 20.3 Å². The zero-order valence-corrected chi connectivity index (χ0v) is 12.0. The Morgan fingerprint density at radius 3 is 2.65 bits per heavy atom. The van der Waals surface area contributed by atoms with Crippen molar-refractivity contribution in [2.45, 2.75) is 58.4 Å². The zero-order chi connectivity index (χ0) is 12.9. The molecule has 0 spiro atoms. The molecule has 0 aromatic carbocycles. The lowest BCUT2D eigenvalue weighted by Crippen LogP contribution is -2.31. The van der Waals surface area contributed by atoms with Crippen LogP contribution in [0.1, 0.15) is 52.4 Å². The molecular weight excluding hydrogens is 210 g/mol. The maximum atomic E-state index is 5.20. The third-order valence-corrected chi connectivity index (χ3v) is 3.09. The fourth-order valence-corrected chi connectivity index (χ4v) is 2.29. The summed E-state index contributed by atoms with van der Waals surface area (Å²) < 4.78 is 5.20. The molecule has 0 aliphatic rings. The van der Waals surface area contributed by atoms with Crippen LogP contribution in [0.4, 0.5) is 0 Å². The molecule has 2 unspecified atom stereocenters. The van der Waals surface area contributed by atoms with Gasteiger partial charge in [0.1, 0.15) is 0 Å². The van der Waals surface area contributed by atoms with Gasteiger partial charge >= 0.3 is 0 Å². The van der Waals surface area contributed by atoms with Crippen LogP contribution in [-0.4, -0.2) is 26.3 Å². The zero-order valence-electron chi connectivity index (χ0n) is 12.0. The van der Waals surface area contributed by atoms with E-state index in [9.17, 15) is 0 Å². The van der Waals surface area contributed by atoms with Crippen molar-refractivity contribution in [3.8, 4) is 0 Å². The summed E-state index contributed by atoms with van der Waals surface area (Å²) in [6, 6.07) is 0.661. The van der Waals surface area contributed by atoms with E-state index in [1.54, 1.807) is 7.11 Å². The fraction of sp³-hybridized carbons (Fsp3) is 0.867. The molecule has 0 aromatic heterocycles. The lowest BCUT2D eigenvalue weighted by atomic mass is 9.97. The number of hydrogen-bond acceptors (Lipinski definition) is 2. The van der Waals surface area contributed by atoms with Crippen LogP contribution in [-0.2, 0) is 4.74 Å². The Labute approximate surface area is 108 Å². The highest BCUT2D eigenvalue weighted by Gasteiger charge is 2.11. The first-order chi connectivity index (χ1) is 8.24. The summed E-state index contributed by atoms with van der Waals surface area (Å²) in [6.07, 6.45) is 9.63. The molecule has 0 heterocycles. The summed E-state index contributed by atoms with van der Waals surface area (Å²) in [5.74, 6) is 0.650. The Hall–Kier alpha value is -0.340. The lowest BCUT2D eigenvalue weighted by molar-refractivity contribution is 0.148. The number of ether oxygens (including phenoxy) is 1. The van der Waals surface area contributed by atoms with Crippen LogP contribution in [0.25, 0.3) is 0 Å². The molecule has 0 aliphatic carbocycles. The van der Waals surface area contributed by atoms with Gasteiger partial charge in [-0.1, -0.05) is 32.8 Å². The summed E-state index contributed by atoms with van der Waals surface area (Å²) in [5, 5.41) is 3.59. The topological polar surface area (TPSA) is 21.3 Å². The molecule has 0 radical (unpaired) electrons. The molecule has 1 N–H and O–H groups in total. The lowest BCUT2D eigenvalue weighted by Gasteiger charge is -2.21. The fourth-order valence-electron chi connectivity index (χ4n) is 2.29. The molecule has 2 atom stereocenters. The molecule has 2 nitrogen and oxygen atoms in total. The van der Waals surface area contributed by atoms with Crippen molar-refractivity contribution in [3.63, 3.8) is 0 Å². The van der Waals surface area contributed by atoms with Crippen LogP contribution in [0.3, 0.4) is 0 Å². The van der Waals surface area contributed by atoms with E-state index in [1.807, 2.05) is 6.08 Å². The molecule has 0 saturated heterocycles. The van der Waals surface area contributed by atoms with Crippen molar-refractivity contribution in [1.29, 1.82) is 0 Å². The number of hydrogen-bond donors (Lipinski definition) is 1. The quantitative estimate of drug-likeness (QED) is 0.415. The van der Waals surface area contributed by atoms with Crippen molar-refractivity contribution in [1.82, 2.24) is 5.32 Å². The third-order valence-electron chi connectivity index (χ3n) is 3.09. The summed E-state index contributed by atoms with van der Waals surface area (Å²) in [4.78, 5) is 0. The van der Waals surface area contributed by atoms with Gasteiger partial charge in [-0.15, -0.1) is 6.58 Å². The Morgan fingerprint density at radius 1 is 1.29 bits per heavy atom. The third kappa shape index (κ3) is 10.5. The first-order valence-corrected chi connectivity index (χ1v) is 7.07. The predicted molar refractivity (Wildman–Crippen MR) is 76.4 cm³/mol. The van der Waals surface area contributed by atoms with Crippen LogP contribution in [0, 0.1) is 5.92 Å². The van der Waals surface area contributed by atoms with Gasteiger partial charge in [0.05, 0.1) is 0 Å². The molecular formula is C15H31NO. The van der Waals surface area contributed by atoms with E-state index in [1.165, 1.54) is 32.1 Å². The van der Waals surface area contributed by atoms with Gasteiger partial charge < -0.3 is 10.1 Å². The molecule has 0 rings (SSSR count). The van der Waals surface area contributed by atoms with E-state index in [-0.39, 0.29) is 0 Å². The SMILES string of the molecule is C=CCCCCCC(CC(C)COC)NCC. The van der Waals surface area contributed by atoms with E-state index in [0.717, 1.165) is 19.6 Å². The predicted octanol–water partition coefficient (Wildman–Crippen LogP) is 3.77. The minimum Gasteiger partial charge on any atom is -0.384 e.